The average Bonchev–Trinajstić information content (AvgIpc) is 2.56. The predicted octanol–water partition coefficient (Wildman–Crippen LogP) is -0.108. The SMILES string of the molecule is CC1(C)SC(c2ccccc2)[NH2+]C1C(=O)[O-]. The summed E-state index contributed by atoms with van der Waals surface area (Å²) in [5.74, 6) is -0.976. The van der Waals surface area contributed by atoms with E-state index in [-0.39, 0.29) is 10.1 Å². The number of quaternary nitrogens is 1. The first-order chi connectivity index (χ1) is 7.50. The molecule has 1 aliphatic heterocycles. The van der Waals surface area contributed by atoms with Crippen molar-refractivity contribution < 1.29 is 15.2 Å². The number of hydrogen-bond donors (Lipinski definition) is 1. The summed E-state index contributed by atoms with van der Waals surface area (Å²) in [7, 11) is 0. The van der Waals surface area contributed by atoms with Crippen LogP contribution in [-0.4, -0.2) is 16.8 Å². The van der Waals surface area contributed by atoms with Crippen molar-refractivity contribution in [2.24, 2.45) is 0 Å². The third kappa shape index (κ3) is 2.08. The number of carbonyl (C=O) groups excluding carboxylic acids is 1. The molecule has 2 unspecified atom stereocenters. The highest BCUT2D eigenvalue weighted by Gasteiger charge is 2.46. The molecular weight excluding hydrogens is 222 g/mol. The zero-order valence-electron chi connectivity index (χ0n) is 9.34. The van der Waals surface area contributed by atoms with Crippen LogP contribution in [-0.2, 0) is 4.79 Å². The van der Waals surface area contributed by atoms with Crippen LogP contribution in [0.4, 0.5) is 0 Å². The maximum absolute atomic E-state index is 11.0. The van der Waals surface area contributed by atoms with Gasteiger partial charge in [0, 0.05) is 5.56 Å². The van der Waals surface area contributed by atoms with Crippen LogP contribution >= 0.6 is 11.8 Å². The van der Waals surface area contributed by atoms with E-state index in [9.17, 15) is 9.90 Å². The van der Waals surface area contributed by atoms with Gasteiger partial charge in [-0.05, 0) is 13.8 Å². The van der Waals surface area contributed by atoms with E-state index < -0.39 is 12.0 Å². The van der Waals surface area contributed by atoms with Crippen LogP contribution in [0.1, 0.15) is 24.8 Å². The second-order valence-electron chi connectivity index (χ2n) is 4.54. The Morgan fingerprint density at radius 1 is 1.38 bits per heavy atom. The molecule has 0 saturated carbocycles. The molecule has 1 aliphatic rings. The van der Waals surface area contributed by atoms with Crippen LogP contribution in [0, 0.1) is 0 Å². The molecule has 86 valence electrons. The lowest BCUT2D eigenvalue weighted by Crippen LogP contribution is -2.92. The number of benzene rings is 1. The summed E-state index contributed by atoms with van der Waals surface area (Å²) in [6, 6.07) is 9.49. The second kappa shape index (κ2) is 4.11. The van der Waals surface area contributed by atoms with Crippen molar-refractivity contribution >= 4 is 17.7 Å². The van der Waals surface area contributed by atoms with E-state index in [1.807, 2.05) is 49.5 Å². The van der Waals surface area contributed by atoms with E-state index in [1.54, 1.807) is 11.8 Å². The summed E-state index contributed by atoms with van der Waals surface area (Å²) in [4.78, 5) is 11.0. The Bertz CT molecular complexity index is 391. The van der Waals surface area contributed by atoms with Crippen molar-refractivity contribution in [2.75, 3.05) is 0 Å². The molecule has 1 aromatic rings. The molecule has 0 amide bonds. The number of carbonyl (C=O) groups is 1. The smallest absolute Gasteiger partial charge is 0.160 e. The zero-order chi connectivity index (χ0) is 11.8. The van der Waals surface area contributed by atoms with Crippen molar-refractivity contribution in [2.45, 2.75) is 30.0 Å². The van der Waals surface area contributed by atoms with E-state index in [0.717, 1.165) is 5.56 Å². The number of hydrogen-bond acceptors (Lipinski definition) is 3. The second-order valence-corrected chi connectivity index (χ2v) is 6.34. The topological polar surface area (TPSA) is 56.7 Å². The van der Waals surface area contributed by atoms with Crippen molar-refractivity contribution in [1.29, 1.82) is 0 Å². The molecule has 0 aliphatic carbocycles. The molecule has 2 N–H and O–H groups in total. The quantitative estimate of drug-likeness (QED) is 0.781. The molecule has 4 heteroatoms. The molecule has 0 aromatic heterocycles. The molecule has 16 heavy (non-hydrogen) atoms. The minimum atomic E-state index is -0.976. The molecule has 2 atom stereocenters. The van der Waals surface area contributed by atoms with Gasteiger partial charge in [0.1, 0.15) is 12.0 Å². The number of aliphatic carboxylic acids is 1. The van der Waals surface area contributed by atoms with Crippen molar-refractivity contribution in [3.63, 3.8) is 0 Å². The van der Waals surface area contributed by atoms with Gasteiger partial charge >= 0.3 is 0 Å². The van der Waals surface area contributed by atoms with Gasteiger partial charge in [-0.3, -0.25) is 0 Å². The highest BCUT2D eigenvalue weighted by atomic mass is 32.2. The summed E-state index contributed by atoms with van der Waals surface area (Å²) in [6.45, 7) is 3.91. The molecule has 0 radical (unpaired) electrons. The Hall–Kier alpha value is -1.00. The Kier molecular flexibility index (Phi) is 2.95. The predicted molar refractivity (Wildman–Crippen MR) is 61.6 cm³/mol. The van der Waals surface area contributed by atoms with E-state index in [4.69, 9.17) is 0 Å². The first-order valence-electron chi connectivity index (χ1n) is 5.29. The van der Waals surface area contributed by atoms with Crippen molar-refractivity contribution in [3.8, 4) is 0 Å². The third-order valence-electron chi connectivity index (χ3n) is 2.93. The first-order valence-corrected chi connectivity index (χ1v) is 6.17. The lowest BCUT2D eigenvalue weighted by molar-refractivity contribution is -0.695. The molecule has 0 bridgehead atoms. The lowest BCUT2D eigenvalue weighted by Gasteiger charge is -2.21. The maximum atomic E-state index is 11.0. The van der Waals surface area contributed by atoms with Gasteiger partial charge in [0.2, 0.25) is 0 Å². The van der Waals surface area contributed by atoms with Gasteiger partial charge in [-0.2, -0.15) is 0 Å². The summed E-state index contributed by atoms with van der Waals surface area (Å²) >= 11 is 1.68. The molecular formula is C12H15NO2S. The van der Waals surface area contributed by atoms with E-state index in [2.05, 4.69) is 0 Å². The summed E-state index contributed by atoms with van der Waals surface area (Å²) < 4.78 is -0.292. The molecule has 1 saturated heterocycles. The Balaban J connectivity index is 2.21. The van der Waals surface area contributed by atoms with Gasteiger partial charge in [-0.15, -0.1) is 0 Å². The van der Waals surface area contributed by atoms with Gasteiger partial charge in [-0.1, -0.05) is 42.1 Å². The Labute approximate surface area is 99.2 Å². The highest BCUT2D eigenvalue weighted by molar-refractivity contribution is 8.00. The normalized spacial score (nSPS) is 27.9. The van der Waals surface area contributed by atoms with Crippen molar-refractivity contribution in [3.05, 3.63) is 35.9 Å². The number of carboxylic acid groups (broad SMARTS) is 1. The minimum absolute atomic E-state index is 0.152. The Morgan fingerprint density at radius 3 is 2.50 bits per heavy atom. The molecule has 2 rings (SSSR count). The van der Waals surface area contributed by atoms with Gasteiger partial charge in [0.05, 0.1) is 4.75 Å². The Morgan fingerprint density at radius 2 is 2.00 bits per heavy atom. The molecule has 1 heterocycles. The summed E-state index contributed by atoms with van der Waals surface area (Å²) in [5, 5.41) is 13.1. The highest BCUT2D eigenvalue weighted by Crippen LogP contribution is 2.40. The molecule has 3 nitrogen and oxygen atoms in total. The fourth-order valence-corrected chi connectivity index (χ4v) is 3.54. The number of rotatable bonds is 2. The van der Waals surface area contributed by atoms with Crippen molar-refractivity contribution in [1.82, 2.24) is 0 Å². The van der Waals surface area contributed by atoms with E-state index in [1.165, 1.54) is 0 Å². The van der Waals surface area contributed by atoms with Crippen LogP contribution in [0.5, 0.6) is 0 Å². The van der Waals surface area contributed by atoms with Gasteiger partial charge < -0.3 is 15.2 Å². The minimum Gasteiger partial charge on any atom is -0.544 e. The van der Waals surface area contributed by atoms with Gasteiger partial charge in [-0.25, -0.2) is 0 Å². The number of carboxylic acids is 1. The number of thioether (sulfide) groups is 1. The fourth-order valence-electron chi connectivity index (χ4n) is 2.03. The fraction of sp³-hybridized carbons (Fsp3) is 0.417. The van der Waals surface area contributed by atoms with E-state index >= 15 is 0 Å². The summed E-state index contributed by atoms with van der Waals surface area (Å²) in [5.41, 5.74) is 1.16. The van der Waals surface area contributed by atoms with Crippen LogP contribution in [0.2, 0.25) is 0 Å². The van der Waals surface area contributed by atoms with Crippen LogP contribution in [0.3, 0.4) is 0 Å². The monoisotopic (exact) mass is 237 g/mol. The number of nitrogens with two attached hydrogens (primary N) is 1. The van der Waals surface area contributed by atoms with Crippen LogP contribution < -0.4 is 10.4 Å². The van der Waals surface area contributed by atoms with Crippen LogP contribution in [0.25, 0.3) is 0 Å². The standard InChI is InChI=1S/C12H15NO2S/c1-12(2)9(11(14)15)13-10(16-12)8-6-4-3-5-7-8/h3-7,9-10,13H,1-2H3,(H,14,15). The molecule has 1 fully saturated rings. The maximum Gasteiger partial charge on any atom is 0.160 e. The average molecular weight is 237 g/mol. The lowest BCUT2D eigenvalue weighted by atomic mass is 10.0. The third-order valence-corrected chi connectivity index (χ3v) is 4.47. The van der Waals surface area contributed by atoms with Gasteiger partial charge in [0.25, 0.3) is 0 Å². The summed E-state index contributed by atoms with van der Waals surface area (Å²) in [6.07, 6.45) is 0. The van der Waals surface area contributed by atoms with E-state index in [0.29, 0.717) is 0 Å². The zero-order valence-corrected chi connectivity index (χ0v) is 10.2. The largest absolute Gasteiger partial charge is 0.544 e. The van der Waals surface area contributed by atoms with Crippen LogP contribution in [0.15, 0.2) is 30.3 Å². The van der Waals surface area contributed by atoms with Gasteiger partial charge in [0.15, 0.2) is 5.37 Å². The molecule has 1 aromatic carbocycles. The molecule has 0 spiro atoms. The first kappa shape index (κ1) is 11.5.